The number of pyridine rings is 1. The van der Waals surface area contributed by atoms with E-state index in [-0.39, 0.29) is 5.91 Å². The fraction of sp³-hybridized carbons (Fsp3) is 0.167. The normalized spacial score (nSPS) is 10.9. The van der Waals surface area contributed by atoms with Gasteiger partial charge in [-0.1, -0.05) is 50.2 Å². The molecule has 4 aromatic rings. The second-order valence-electron chi connectivity index (χ2n) is 7.39. The van der Waals surface area contributed by atoms with Crippen molar-refractivity contribution < 1.29 is 4.79 Å². The Hall–Kier alpha value is -3.80. The predicted molar refractivity (Wildman–Crippen MR) is 120 cm³/mol. The predicted octanol–water partition coefficient (Wildman–Crippen LogP) is 5.45. The van der Waals surface area contributed by atoms with Crippen LogP contribution < -0.4 is 10.6 Å². The van der Waals surface area contributed by atoms with Crippen molar-refractivity contribution in [3.05, 3.63) is 83.9 Å². The number of nitrogens with one attached hydrogen (secondary N) is 2. The van der Waals surface area contributed by atoms with Gasteiger partial charge in [-0.25, -0.2) is 9.97 Å². The Balaban J connectivity index is 1.63. The lowest BCUT2D eigenvalue weighted by molar-refractivity contribution is 0.102. The fourth-order valence-electron chi connectivity index (χ4n) is 3.39. The van der Waals surface area contributed by atoms with E-state index < -0.39 is 0 Å². The van der Waals surface area contributed by atoms with Gasteiger partial charge in [0.25, 0.3) is 5.91 Å². The van der Waals surface area contributed by atoms with Gasteiger partial charge in [0.05, 0.1) is 11.2 Å². The van der Waals surface area contributed by atoms with Crippen LogP contribution in [0.3, 0.4) is 0 Å². The first-order valence-electron chi connectivity index (χ1n) is 9.88. The van der Waals surface area contributed by atoms with Crippen LogP contribution in [0.25, 0.3) is 10.9 Å². The number of carbonyl (C=O) groups excluding carboxylic acids is 1. The molecule has 0 aliphatic heterocycles. The molecule has 2 aromatic carbocycles. The molecular formula is C24H23N5O. The molecular weight excluding hydrogens is 374 g/mol. The molecule has 150 valence electrons. The first-order valence-corrected chi connectivity index (χ1v) is 9.88. The summed E-state index contributed by atoms with van der Waals surface area (Å²) in [5.74, 6) is 1.08. The molecule has 0 saturated heterocycles. The number of hydrogen-bond donors (Lipinski definition) is 2. The van der Waals surface area contributed by atoms with Crippen LogP contribution >= 0.6 is 0 Å². The summed E-state index contributed by atoms with van der Waals surface area (Å²) in [4.78, 5) is 26.1. The Morgan fingerprint density at radius 2 is 1.70 bits per heavy atom. The van der Waals surface area contributed by atoms with Crippen molar-refractivity contribution in [2.75, 3.05) is 10.6 Å². The van der Waals surface area contributed by atoms with Crippen LogP contribution in [0.2, 0.25) is 0 Å². The minimum absolute atomic E-state index is 0.271. The van der Waals surface area contributed by atoms with Crippen molar-refractivity contribution in [1.29, 1.82) is 0 Å². The summed E-state index contributed by atoms with van der Waals surface area (Å²) in [7, 11) is 0. The number of para-hydroxylation sites is 2. The number of carbonyl (C=O) groups is 1. The van der Waals surface area contributed by atoms with Gasteiger partial charge < -0.3 is 10.6 Å². The van der Waals surface area contributed by atoms with E-state index in [0.29, 0.717) is 23.3 Å². The topological polar surface area (TPSA) is 79.8 Å². The van der Waals surface area contributed by atoms with E-state index in [0.717, 1.165) is 27.8 Å². The van der Waals surface area contributed by atoms with Gasteiger partial charge in [0.2, 0.25) is 0 Å². The first-order chi connectivity index (χ1) is 14.5. The third kappa shape index (κ3) is 4.12. The maximum absolute atomic E-state index is 12.9. The molecule has 0 radical (unpaired) electrons. The van der Waals surface area contributed by atoms with Gasteiger partial charge in [-0.15, -0.1) is 0 Å². The minimum atomic E-state index is -0.271. The van der Waals surface area contributed by atoms with Crippen LogP contribution in [0.5, 0.6) is 0 Å². The lowest BCUT2D eigenvalue weighted by Gasteiger charge is -2.14. The van der Waals surface area contributed by atoms with Crippen molar-refractivity contribution in [1.82, 2.24) is 15.0 Å². The van der Waals surface area contributed by atoms with Crippen LogP contribution in [-0.2, 0) is 0 Å². The first kappa shape index (κ1) is 19.5. The molecule has 6 heteroatoms. The molecule has 0 atom stereocenters. The van der Waals surface area contributed by atoms with Crippen molar-refractivity contribution in [3.8, 4) is 0 Å². The molecule has 0 spiro atoms. The molecule has 30 heavy (non-hydrogen) atoms. The van der Waals surface area contributed by atoms with Gasteiger partial charge in [0, 0.05) is 23.3 Å². The lowest BCUT2D eigenvalue weighted by atomic mass is 10.0. The zero-order valence-corrected chi connectivity index (χ0v) is 17.2. The summed E-state index contributed by atoms with van der Waals surface area (Å²) < 4.78 is 0. The molecule has 1 amide bonds. The summed E-state index contributed by atoms with van der Waals surface area (Å²) in [5.41, 5.74) is 3.84. The average molecular weight is 397 g/mol. The van der Waals surface area contributed by atoms with Crippen molar-refractivity contribution >= 4 is 34.0 Å². The Morgan fingerprint density at radius 3 is 2.53 bits per heavy atom. The summed E-state index contributed by atoms with van der Waals surface area (Å²) in [6.07, 6.45) is 1.75. The van der Waals surface area contributed by atoms with Gasteiger partial charge in [-0.3, -0.25) is 9.78 Å². The zero-order valence-electron chi connectivity index (χ0n) is 17.2. The van der Waals surface area contributed by atoms with Crippen molar-refractivity contribution in [2.24, 2.45) is 0 Å². The summed E-state index contributed by atoms with van der Waals surface area (Å²) in [5, 5.41) is 7.29. The average Bonchev–Trinajstić information content (AvgIpc) is 2.74. The Morgan fingerprint density at radius 1 is 0.933 bits per heavy atom. The van der Waals surface area contributed by atoms with Crippen molar-refractivity contribution in [2.45, 2.75) is 26.7 Å². The summed E-state index contributed by atoms with van der Waals surface area (Å²) >= 11 is 0. The fourth-order valence-corrected chi connectivity index (χ4v) is 3.39. The Labute approximate surface area is 175 Å². The smallest absolute Gasteiger partial charge is 0.274 e. The number of hydrogen-bond acceptors (Lipinski definition) is 5. The van der Waals surface area contributed by atoms with Gasteiger partial charge in [-0.2, -0.15) is 0 Å². The van der Waals surface area contributed by atoms with E-state index >= 15 is 0 Å². The highest BCUT2D eigenvalue weighted by molar-refractivity contribution is 6.04. The molecule has 2 aromatic heterocycles. The third-order valence-corrected chi connectivity index (χ3v) is 4.80. The van der Waals surface area contributed by atoms with Gasteiger partial charge in [0.15, 0.2) is 0 Å². The molecule has 0 aliphatic carbocycles. The molecule has 6 nitrogen and oxygen atoms in total. The Kier molecular flexibility index (Phi) is 5.39. The van der Waals surface area contributed by atoms with E-state index in [2.05, 4.69) is 39.4 Å². The quantitative estimate of drug-likeness (QED) is 0.468. The minimum Gasteiger partial charge on any atom is -0.338 e. The zero-order chi connectivity index (χ0) is 21.1. The highest BCUT2D eigenvalue weighted by Crippen LogP contribution is 2.26. The maximum Gasteiger partial charge on any atom is 0.274 e. The second kappa shape index (κ2) is 8.29. The highest BCUT2D eigenvalue weighted by atomic mass is 16.1. The molecule has 4 rings (SSSR count). The number of rotatable bonds is 5. The van der Waals surface area contributed by atoms with Gasteiger partial charge >= 0.3 is 0 Å². The van der Waals surface area contributed by atoms with Crippen LogP contribution in [0.1, 0.15) is 41.6 Å². The van der Waals surface area contributed by atoms with E-state index in [4.69, 9.17) is 0 Å². The Bertz CT molecular complexity index is 1210. The molecule has 0 bridgehead atoms. The monoisotopic (exact) mass is 397 g/mol. The van der Waals surface area contributed by atoms with E-state index in [9.17, 15) is 4.79 Å². The van der Waals surface area contributed by atoms with Crippen LogP contribution in [0.15, 0.2) is 66.9 Å². The maximum atomic E-state index is 12.9. The molecule has 0 unspecified atom stereocenters. The highest BCUT2D eigenvalue weighted by Gasteiger charge is 2.14. The van der Waals surface area contributed by atoms with E-state index in [1.165, 1.54) is 0 Å². The van der Waals surface area contributed by atoms with E-state index in [1.54, 1.807) is 19.2 Å². The molecule has 0 aliphatic rings. The standard InChI is InChI=1S/C24H23N5O/c1-15(2)18-10-4-5-11-19(18)29-24(30)21-14-22(27-16(3)26-21)28-20-12-6-8-17-9-7-13-25-23(17)20/h4-15H,1-3H3,(H,29,30)(H,26,27,28). The van der Waals surface area contributed by atoms with Crippen LogP contribution in [-0.4, -0.2) is 20.9 Å². The van der Waals surface area contributed by atoms with Crippen LogP contribution in [0, 0.1) is 6.92 Å². The number of benzene rings is 2. The number of aryl methyl sites for hydroxylation is 1. The summed E-state index contributed by atoms with van der Waals surface area (Å²) in [6, 6.07) is 19.3. The van der Waals surface area contributed by atoms with E-state index in [1.807, 2.05) is 54.6 Å². The number of anilines is 3. The second-order valence-corrected chi connectivity index (χ2v) is 7.39. The molecule has 0 saturated carbocycles. The van der Waals surface area contributed by atoms with Gasteiger partial charge in [-0.05, 0) is 36.6 Å². The lowest BCUT2D eigenvalue weighted by Crippen LogP contribution is -2.16. The summed E-state index contributed by atoms with van der Waals surface area (Å²) in [6.45, 7) is 5.96. The molecule has 0 fully saturated rings. The van der Waals surface area contributed by atoms with Crippen LogP contribution in [0.4, 0.5) is 17.2 Å². The molecule has 2 heterocycles. The number of aromatic nitrogens is 3. The number of fused-ring (bicyclic) bond motifs is 1. The van der Waals surface area contributed by atoms with Gasteiger partial charge in [0.1, 0.15) is 17.3 Å². The molecule has 2 N–H and O–H groups in total. The number of nitrogens with zero attached hydrogens (tertiary/aromatic N) is 3. The van der Waals surface area contributed by atoms with Crippen molar-refractivity contribution in [3.63, 3.8) is 0 Å². The largest absolute Gasteiger partial charge is 0.338 e. The number of amides is 1. The SMILES string of the molecule is Cc1nc(Nc2cccc3cccnc23)cc(C(=O)Nc2ccccc2C(C)C)n1. The third-order valence-electron chi connectivity index (χ3n) is 4.80.